The second-order valence-electron chi connectivity index (χ2n) is 10.5. The van der Waals surface area contributed by atoms with Crippen molar-refractivity contribution in [1.82, 2.24) is 24.6 Å². The van der Waals surface area contributed by atoms with E-state index in [1.807, 2.05) is 20.8 Å². The summed E-state index contributed by atoms with van der Waals surface area (Å²) in [7, 11) is -4.20. The van der Waals surface area contributed by atoms with Gasteiger partial charge in [0.1, 0.15) is 24.4 Å². The highest BCUT2D eigenvalue weighted by molar-refractivity contribution is 8.13. The lowest BCUT2D eigenvalue weighted by atomic mass is 9.90. The Balaban J connectivity index is 1.71. The molecule has 2 aromatic heterocycles. The summed E-state index contributed by atoms with van der Waals surface area (Å²) in [6.07, 6.45) is -1.33. The van der Waals surface area contributed by atoms with E-state index in [9.17, 15) is 29.2 Å². The summed E-state index contributed by atoms with van der Waals surface area (Å²) in [6.45, 7) is 7.51. The van der Waals surface area contributed by atoms with E-state index in [0.717, 1.165) is 18.2 Å². The van der Waals surface area contributed by atoms with Crippen LogP contribution in [-0.4, -0.2) is 90.7 Å². The molecule has 5 unspecified atom stereocenters. The van der Waals surface area contributed by atoms with E-state index >= 15 is 0 Å². The summed E-state index contributed by atoms with van der Waals surface area (Å²) in [5.41, 5.74) is 2.53. The number of aromatic amines is 1. The molecule has 0 aliphatic carbocycles. The lowest BCUT2D eigenvalue weighted by Crippen LogP contribution is -2.44. The van der Waals surface area contributed by atoms with E-state index in [0.29, 0.717) is 6.42 Å². The highest BCUT2D eigenvalue weighted by atomic mass is 32.2. The lowest BCUT2D eigenvalue weighted by Gasteiger charge is -2.27. The van der Waals surface area contributed by atoms with Gasteiger partial charge in [-0.3, -0.25) is 33.0 Å². The summed E-state index contributed by atoms with van der Waals surface area (Å²) in [4.78, 5) is 47.0. The molecule has 0 bridgehead atoms. The summed E-state index contributed by atoms with van der Waals surface area (Å²) < 4.78 is 36.5. The highest BCUT2D eigenvalue weighted by Crippen LogP contribution is 2.46. The lowest BCUT2D eigenvalue weighted by molar-refractivity contribution is -0.141. The Morgan fingerprint density at radius 1 is 1.36 bits per heavy atom. The Labute approximate surface area is 246 Å². The molecule has 0 amide bonds. The van der Waals surface area contributed by atoms with Gasteiger partial charge in [-0.25, -0.2) is 14.6 Å². The second-order valence-corrected chi connectivity index (χ2v) is 13.4. The number of fused-ring (bicyclic) bond motifs is 1. The number of anilines is 1. The van der Waals surface area contributed by atoms with Gasteiger partial charge in [0.2, 0.25) is 5.95 Å². The maximum atomic E-state index is 13.5. The number of nitrogens with zero attached hydrogens (tertiary/aromatic N) is 3. The predicted octanol–water partition coefficient (Wildman–Crippen LogP) is 1.09. The van der Waals surface area contributed by atoms with Crippen LogP contribution in [-0.2, 0) is 32.7 Å². The topological polar surface area (TPSA) is 230 Å². The molecule has 0 saturated carbocycles. The summed E-state index contributed by atoms with van der Waals surface area (Å²) in [6, 6.07) is 0. The molecule has 6 N–H and O–H groups in total. The van der Waals surface area contributed by atoms with Gasteiger partial charge in [-0.15, -0.1) is 0 Å². The number of nitrogen functional groups attached to an aromatic ring is 1. The number of aliphatic hydroxyl groups is 2. The Morgan fingerprint density at radius 3 is 2.74 bits per heavy atom. The van der Waals surface area contributed by atoms with Crippen molar-refractivity contribution >= 4 is 47.7 Å². The monoisotopic (exact) mass is 634 g/mol. The Morgan fingerprint density at radius 2 is 2.07 bits per heavy atom. The van der Waals surface area contributed by atoms with Gasteiger partial charge in [0.05, 0.1) is 26.1 Å². The number of aliphatic hydroxyl groups excluding tert-OH is 1. The van der Waals surface area contributed by atoms with E-state index in [2.05, 4.69) is 20.0 Å². The first kappa shape index (κ1) is 34.1. The maximum Gasteiger partial charge on any atom is 0.406 e. The number of thioether (sulfide) groups is 1. The molecule has 1 aliphatic heterocycles. The number of H-pyrrole nitrogens is 1. The van der Waals surface area contributed by atoms with Crippen molar-refractivity contribution in [3.63, 3.8) is 0 Å². The molecular weight excluding hydrogens is 595 g/mol. The standard InChI is InChI=1S/C24H39N6O10PS/c1-6-8-23(3,4)21(34)42-10-9-38-41(36,27-11-15(31)37-7-2)39-12-14-17(32)24(5,35)20(40-14)30-13-26-16-18(30)28-22(25)29-19(16)33/h13-14,17,20,32,35H,6-12H2,1-5H3,(H,27,36)(H3,25,28,29,33). The van der Waals surface area contributed by atoms with Crippen LogP contribution in [0.2, 0.25) is 0 Å². The largest absolute Gasteiger partial charge is 0.465 e. The average Bonchev–Trinajstić information content (AvgIpc) is 3.42. The Hall–Kier alpha value is -2.37. The quantitative estimate of drug-likeness (QED) is 0.105. The Kier molecular flexibility index (Phi) is 11.3. The third-order valence-electron chi connectivity index (χ3n) is 6.59. The SMILES string of the molecule is CCCC(C)(C)C(=O)SCCOP(=O)(NCC(=O)OCC)OCC1OC(n2cnc3c(=O)[nH]c(N)nc32)C(C)(O)C1O. The van der Waals surface area contributed by atoms with Crippen LogP contribution in [0.5, 0.6) is 0 Å². The zero-order valence-electron chi connectivity index (χ0n) is 24.2. The van der Waals surface area contributed by atoms with Crippen LogP contribution in [0.1, 0.15) is 53.7 Å². The zero-order valence-corrected chi connectivity index (χ0v) is 25.9. The van der Waals surface area contributed by atoms with Crippen LogP contribution in [0.25, 0.3) is 11.2 Å². The van der Waals surface area contributed by atoms with Gasteiger partial charge in [-0.1, -0.05) is 39.0 Å². The van der Waals surface area contributed by atoms with Crippen molar-refractivity contribution in [2.24, 2.45) is 5.41 Å². The third-order valence-corrected chi connectivity index (χ3v) is 9.34. The fourth-order valence-electron chi connectivity index (χ4n) is 4.38. The molecule has 0 aromatic carbocycles. The number of hydrogen-bond acceptors (Lipinski definition) is 14. The number of aromatic nitrogens is 4. The minimum absolute atomic E-state index is 0.00885. The molecule has 18 heteroatoms. The fraction of sp³-hybridized carbons (Fsp3) is 0.708. The van der Waals surface area contributed by atoms with Crippen molar-refractivity contribution in [3.05, 3.63) is 16.7 Å². The third kappa shape index (κ3) is 7.96. The van der Waals surface area contributed by atoms with Crippen LogP contribution in [0.4, 0.5) is 5.95 Å². The molecular formula is C24H39N6O10PS. The van der Waals surface area contributed by atoms with Gasteiger partial charge in [-0.05, 0) is 20.3 Å². The zero-order chi connectivity index (χ0) is 31.3. The van der Waals surface area contributed by atoms with Crippen molar-refractivity contribution in [3.8, 4) is 0 Å². The summed E-state index contributed by atoms with van der Waals surface area (Å²) in [5, 5.41) is 24.4. The van der Waals surface area contributed by atoms with Crippen molar-refractivity contribution in [2.75, 3.05) is 37.9 Å². The van der Waals surface area contributed by atoms with Gasteiger partial charge < -0.3 is 25.4 Å². The van der Waals surface area contributed by atoms with Crippen LogP contribution >= 0.6 is 19.5 Å². The van der Waals surface area contributed by atoms with Crippen LogP contribution in [0.15, 0.2) is 11.1 Å². The minimum atomic E-state index is -4.20. The minimum Gasteiger partial charge on any atom is -0.465 e. The molecule has 0 spiro atoms. The molecule has 1 aliphatic rings. The molecule has 16 nitrogen and oxygen atoms in total. The highest BCUT2D eigenvalue weighted by Gasteiger charge is 2.54. The van der Waals surface area contributed by atoms with Crippen LogP contribution in [0.3, 0.4) is 0 Å². The number of nitrogens with one attached hydrogen (secondary N) is 2. The van der Waals surface area contributed by atoms with Crippen molar-refractivity contribution in [1.29, 1.82) is 0 Å². The van der Waals surface area contributed by atoms with Crippen LogP contribution in [0, 0.1) is 5.41 Å². The predicted molar refractivity (Wildman–Crippen MR) is 153 cm³/mol. The first-order valence-corrected chi connectivity index (χ1v) is 15.9. The number of ether oxygens (including phenoxy) is 2. The van der Waals surface area contributed by atoms with E-state index in [4.69, 9.17) is 24.3 Å². The first-order valence-electron chi connectivity index (χ1n) is 13.4. The molecule has 1 saturated heterocycles. The van der Waals surface area contributed by atoms with Gasteiger partial charge in [0.25, 0.3) is 5.56 Å². The van der Waals surface area contributed by atoms with Gasteiger partial charge in [0.15, 0.2) is 22.5 Å². The van der Waals surface area contributed by atoms with Crippen molar-refractivity contribution < 1.29 is 42.9 Å². The fourth-order valence-corrected chi connectivity index (χ4v) is 6.60. The summed E-state index contributed by atoms with van der Waals surface area (Å²) >= 11 is 1.04. The number of hydrogen-bond donors (Lipinski definition) is 5. The first-order chi connectivity index (χ1) is 19.6. The molecule has 1 fully saturated rings. The van der Waals surface area contributed by atoms with Gasteiger partial charge >= 0.3 is 13.7 Å². The van der Waals surface area contributed by atoms with Gasteiger partial charge in [-0.2, -0.15) is 4.98 Å². The molecule has 3 rings (SSSR count). The molecule has 5 atom stereocenters. The molecule has 2 aromatic rings. The average molecular weight is 635 g/mol. The Bertz CT molecular complexity index is 1360. The number of esters is 1. The van der Waals surface area contributed by atoms with E-state index < -0.39 is 61.9 Å². The number of nitrogens with two attached hydrogens (primary N) is 1. The second kappa shape index (κ2) is 13.9. The molecule has 3 heterocycles. The van der Waals surface area contributed by atoms with E-state index in [1.165, 1.54) is 17.8 Å². The van der Waals surface area contributed by atoms with E-state index in [-0.39, 0.29) is 41.2 Å². The smallest absolute Gasteiger partial charge is 0.406 e. The number of carbonyl (C=O) groups excluding carboxylic acids is 2. The number of carbonyl (C=O) groups is 2. The normalized spacial score (nSPS) is 24.1. The van der Waals surface area contributed by atoms with Crippen LogP contribution < -0.4 is 16.4 Å². The van der Waals surface area contributed by atoms with Gasteiger partial charge in [0, 0.05) is 11.2 Å². The molecule has 0 radical (unpaired) electrons. The van der Waals surface area contributed by atoms with Crippen molar-refractivity contribution in [2.45, 2.75) is 71.5 Å². The molecule has 42 heavy (non-hydrogen) atoms. The molecule has 236 valence electrons. The van der Waals surface area contributed by atoms with E-state index in [1.54, 1.807) is 6.92 Å². The number of rotatable bonds is 15. The summed E-state index contributed by atoms with van der Waals surface area (Å²) in [5.74, 6) is -0.723. The maximum absolute atomic E-state index is 13.5. The number of imidazole rings is 1.